The highest BCUT2D eigenvalue weighted by atomic mass is 16.4. The smallest absolute Gasteiger partial charge is 0.326 e. The molecule has 0 aliphatic heterocycles. The van der Waals surface area contributed by atoms with E-state index in [0.717, 1.165) is 29.7 Å². The summed E-state index contributed by atoms with van der Waals surface area (Å²) in [5.74, 6) is 0.279. The van der Waals surface area contributed by atoms with Gasteiger partial charge in [-0.1, -0.05) is 20.8 Å². The van der Waals surface area contributed by atoms with Crippen molar-refractivity contribution >= 4 is 17.1 Å². The van der Waals surface area contributed by atoms with Crippen LogP contribution in [0, 0.1) is 6.92 Å². The number of carbonyl (C=O) groups is 1. The van der Waals surface area contributed by atoms with Gasteiger partial charge in [-0.25, -0.2) is 14.8 Å². The Balaban J connectivity index is 2.73. The molecule has 2 aromatic rings. The van der Waals surface area contributed by atoms with Gasteiger partial charge in [-0.3, -0.25) is 4.57 Å². The highest BCUT2D eigenvalue weighted by Gasteiger charge is 2.27. The lowest BCUT2D eigenvalue weighted by Crippen LogP contribution is -2.22. The van der Waals surface area contributed by atoms with E-state index in [1.807, 2.05) is 24.5 Å². The molecule has 0 aliphatic carbocycles. The van der Waals surface area contributed by atoms with E-state index in [2.05, 4.69) is 18.8 Å². The molecule has 0 spiro atoms. The fourth-order valence-electron chi connectivity index (χ4n) is 2.82. The normalized spacial score (nSPS) is 13.0. The molecule has 0 radical (unpaired) electrons. The van der Waals surface area contributed by atoms with E-state index in [1.165, 1.54) is 0 Å². The molecule has 1 N–H and O–H groups in total. The Morgan fingerprint density at radius 1 is 1.29 bits per heavy atom. The highest BCUT2D eigenvalue weighted by molar-refractivity contribution is 5.78. The Morgan fingerprint density at radius 2 is 1.95 bits per heavy atom. The van der Waals surface area contributed by atoms with Crippen molar-refractivity contribution in [2.45, 2.75) is 58.9 Å². The standard InChI is InChI=1S/C16H23N3O2/c1-5-11(6-2)14-18-12-8-10(4)9-17-15(12)19(14)13(7-3)16(20)21/h8-9,11,13H,5-7H2,1-4H3,(H,20,21). The summed E-state index contributed by atoms with van der Waals surface area (Å²) >= 11 is 0. The summed E-state index contributed by atoms with van der Waals surface area (Å²) in [6.45, 7) is 8.07. The summed E-state index contributed by atoms with van der Waals surface area (Å²) in [4.78, 5) is 20.8. The molecule has 2 aromatic heterocycles. The molecule has 0 saturated carbocycles. The molecular formula is C16H23N3O2. The minimum atomic E-state index is -0.827. The van der Waals surface area contributed by atoms with Crippen LogP contribution in [-0.4, -0.2) is 25.6 Å². The monoisotopic (exact) mass is 289 g/mol. The average molecular weight is 289 g/mol. The van der Waals surface area contributed by atoms with Crippen LogP contribution in [0.15, 0.2) is 12.3 Å². The van der Waals surface area contributed by atoms with Crippen molar-refractivity contribution in [3.8, 4) is 0 Å². The first-order chi connectivity index (χ1) is 10.0. The number of nitrogens with zero attached hydrogens (tertiary/aromatic N) is 3. The molecule has 0 amide bonds. The van der Waals surface area contributed by atoms with Crippen molar-refractivity contribution in [1.29, 1.82) is 0 Å². The number of aromatic nitrogens is 3. The molecule has 0 aromatic carbocycles. The number of carboxylic acid groups (broad SMARTS) is 1. The van der Waals surface area contributed by atoms with Crippen LogP contribution >= 0.6 is 0 Å². The van der Waals surface area contributed by atoms with Crippen LogP contribution in [0.3, 0.4) is 0 Å². The van der Waals surface area contributed by atoms with E-state index in [9.17, 15) is 9.90 Å². The minimum absolute atomic E-state index is 0.257. The molecule has 2 rings (SSSR count). The van der Waals surface area contributed by atoms with E-state index >= 15 is 0 Å². The Kier molecular flexibility index (Phi) is 4.60. The van der Waals surface area contributed by atoms with E-state index in [4.69, 9.17) is 4.98 Å². The van der Waals surface area contributed by atoms with Crippen LogP contribution in [0.5, 0.6) is 0 Å². The maximum atomic E-state index is 11.6. The van der Waals surface area contributed by atoms with E-state index < -0.39 is 12.0 Å². The number of fused-ring (bicyclic) bond motifs is 1. The molecule has 21 heavy (non-hydrogen) atoms. The van der Waals surface area contributed by atoms with Gasteiger partial charge in [-0.15, -0.1) is 0 Å². The molecule has 0 bridgehead atoms. The van der Waals surface area contributed by atoms with Gasteiger partial charge in [0.2, 0.25) is 0 Å². The van der Waals surface area contributed by atoms with E-state index in [0.29, 0.717) is 12.1 Å². The molecule has 1 atom stereocenters. The third kappa shape index (κ3) is 2.77. The summed E-state index contributed by atoms with van der Waals surface area (Å²) < 4.78 is 1.83. The lowest BCUT2D eigenvalue weighted by atomic mass is 10.0. The topological polar surface area (TPSA) is 68.0 Å². The number of hydrogen-bond acceptors (Lipinski definition) is 3. The Morgan fingerprint density at radius 3 is 2.48 bits per heavy atom. The molecule has 1 unspecified atom stereocenters. The number of hydrogen-bond donors (Lipinski definition) is 1. The average Bonchev–Trinajstić information content (AvgIpc) is 2.79. The molecular weight excluding hydrogens is 266 g/mol. The Labute approximate surface area is 125 Å². The Bertz CT molecular complexity index is 644. The molecule has 0 fully saturated rings. The molecule has 5 nitrogen and oxygen atoms in total. The van der Waals surface area contributed by atoms with Crippen molar-refractivity contribution in [2.24, 2.45) is 0 Å². The van der Waals surface area contributed by atoms with Gasteiger partial charge in [0, 0.05) is 12.1 Å². The number of aryl methyl sites for hydroxylation is 1. The van der Waals surface area contributed by atoms with Gasteiger partial charge in [0.05, 0.1) is 0 Å². The summed E-state index contributed by atoms with van der Waals surface area (Å²) in [6, 6.07) is 1.36. The highest BCUT2D eigenvalue weighted by Crippen LogP contribution is 2.30. The molecule has 0 aliphatic rings. The third-order valence-electron chi connectivity index (χ3n) is 4.03. The first-order valence-electron chi connectivity index (χ1n) is 7.60. The number of imidazole rings is 1. The lowest BCUT2D eigenvalue weighted by Gasteiger charge is -2.19. The number of pyridine rings is 1. The molecule has 0 saturated heterocycles. The van der Waals surface area contributed by atoms with Gasteiger partial charge in [0.15, 0.2) is 5.65 Å². The van der Waals surface area contributed by atoms with Gasteiger partial charge >= 0.3 is 5.97 Å². The maximum Gasteiger partial charge on any atom is 0.326 e. The molecule has 5 heteroatoms. The van der Waals surface area contributed by atoms with Crippen molar-refractivity contribution in [3.63, 3.8) is 0 Å². The third-order valence-corrected chi connectivity index (χ3v) is 4.03. The second-order valence-corrected chi connectivity index (χ2v) is 5.47. The van der Waals surface area contributed by atoms with Crippen LogP contribution in [0.1, 0.15) is 63.4 Å². The van der Waals surface area contributed by atoms with E-state index in [1.54, 1.807) is 6.20 Å². The summed E-state index contributed by atoms with van der Waals surface area (Å²) in [7, 11) is 0. The second-order valence-electron chi connectivity index (χ2n) is 5.47. The summed E-state index contributed by atoms with van der Waals surface area (Å²) in [6.07, 6.45) is 4.17. The predicted molar refractivity (Wildman–Crippen MR) is 82.6 cm³/mol. The fourth-order valence-corrected chi connectivity index (χ4v) is 2.82. The largest absolute Gasteiger partial charge is 0.480 e. The van der Waals surface area contributed by atoms with Crippen LogP contribution in [0.25, 0.3) is 11.2 Å². The lowest BCUT2D eigenvalue weighted by molar-refractivity contribution is -0.141. The van der Waals surface area contributed by atoms with Crippen LogP contribution in [0.4, 0.5) is 0 Å². The number of carboxylic acids is 1. The maximum absolute atomic E-state index is 11.6. The number of rotatable bonds is 6. The van der Waals surface area contributed by atoms with Gasteiger partial charge < -0.3 is 5.11 Å². The quantitative estimate of drug-likeness (QED) is 0.880. The zero-order valence-corrected chi connectivity index (χ0v) is 13.1. The van der Waals surface area contributed by atoms with Crippen molar-refractivity contribution in [2.75, 3.05) is 0 Å². The molecule has 2 heterocycles. The molecule has 114 valence electrons. The first-order valence-corrected chi connectivity index (χ1v) is 7.60. The zero-order chi connectivity index (χ0) is 15.6. The van der Waals surface area contributed by atoms with Gasteiger partial charge in [0.1, 0.15) is 17.4 Å². The zero-order valence-electron chi connectivity index (χ0n) is 13.1. The SMILES string of the molecule is CCC(CC)c1nc2cc(C)cnc2n1C(CC)C(=O)O. The van der Waals surface area contributed by atoms with Crippen LogP contribution in [-0.2, 0) is 4.79 Å². The fraction of sp³-hybridized carbons (Fsp3) is 0.562. The van der Waals surface area contributed by atoms with Gasteiger partial charge in [0.25, 0.3) is 0 Å². The Hall–Kier alpha value is -1.91. The summed E-state index contributed by atoms with van der Waals surface area (Å²) in [5.41, 5.74) is 2.50. The summed E-state index contributed by atoms with van der Waals surface area (Å²) in [5, 5.41) is 9.53. The van der Waals surface area contributed by atoms with Crippen molar-refractivity contribution in [1.82, 2.24) is 14.5 Å². The van der Waals surface area contributed by atoms with Crippen molar-refractivity contribution < 1.29 is 9.90 Å². The first kappa shape index (κ1) is 15.5. The van der Waals surface area contributed by atoms with Gasteiger partial charge in [-0.05, 0) is 37.8 Å². The van der Waals surface area contributed by atoms with E-state index in [-0.39, 0.29) is 5.92 Å². The van der Waals surface area contributed by atoms with Crippen LogP contribution < -0.4 is 0 Å². The van der Waals surface area contributed by atoms with Gasteiger partial charge in [-0.2, -0.15) is 0 Å². The predicted octanol–water partition coefficient (Wildman–Crippen LogP) is 3.68. The number of aliphatic carboxylic acids is 1. The van der Waals surface area contributed by atoms with Crippen molar-refractivity contribution in [3.05, 3.63) is 23.7 Å². The van der Waals surface area contributed by atoms with Crippen LogP contribution in [0.2, 0.25) is 0 Å². The second kappa shape index (κ2) is 6.24. The minimum Gasteiger partial charge on any atom is -0.480 e.